The number of hydrogen-bond acceptors (Lipinski definition) is 2. The van der Waals surface area contributed by atoms with Crippen molar-refractivity contribution in [1.82, 2.24) is 5.32 Å². The van der Waals surface area contributed by atoms with Crippen molar-refractivity contribution in [3.63, 3.8) is 0 Å². The third-order valence-electron chi connectivity index (χ3n) is 3.52. The van der Waals surface area contributed by atoms with Crippen molar-refractivity contribution in [3.8, 4) is 0 Å². The normalized spacial score (nSPS) is 14.5. The van der Waals surface area contributed by atoms with Crippen LogP contribution in [0.4, 0.5) is 10.1 Å². The molecule has 0 atom stereocenters. The van der Waals surface area contributed by atoms with Gasteiger partial charge in [-0.1, -0.05) is 18.2 Å². The fourth-order valence-corrected chi connectivity index (χ4v) is 2.83. The Hall–Kier alpha value is -1.72. The van der Waals surface area contributed by atoms with Crippen molar-refractivity contribution >= 4 is 27.5 Å². The van der Waals surface area contributed by atoms with E-state index in [1.165, 1.54) is 18.2 Å². The molecule has 0 aliphatic carbocycles. The molecule has 0 bridgehead atoms. The van der Waals surface area contributed by atoms with Crippen molar-refractivity contribution in [3.05, 3.63) is 63.9 Å². The summed E-state index contributed by atoms with van der Waals surface area (Å²) in [6.07, 6.45) is 0. The van der Waals surface area contributed by atoms with E-state index in [1.807, 2.05) is 24.3 Å². The maximum Gasteiger partial charge on any atom is 0.258 e. The smallest absolute Gasteiger partial charge is 0.258 e. The molecule has 1 N–H and O–H groups in total. The van der Waals surface area contributed by atoms with Crippen LogP contribution in [0.25, 0.3) is 0 Å². The van der Waals surface area contributed by atoms with Crippen LogP contribution in [0.2, 0.25) is 0 Å². The van der Waals surface area contributed by atoms with Crippen LogP contribution in [0.3, 0.4) is 0 Å². The second-order valence-electron chi connectivity index (χ2n) is 4.89. The predicted octanol–water partition coefficient (Wildman–Crippen LogP) is 3.34. The zero-order valence-electron chi connectivity index (χ0n) is 11.3. The van der Waals surface area contributed by atoms with Gasteiger partial charge in [-0.05, 0) is 45.8 Å². The number of hydrogen-bond donors (Lipinski definition) is 1. The molecule has 0 unspecified atom stereocenters. The summed E-state index contributed by atoms with van der Waals surface area (Å²) >= 11 is 3.13. The highest BCUT2D eigenvalue weighted by Crippen LogP contribution is 2.25. The Morgan fingerprint density at radius 3 is 2.86 bits per heavy atom. The van der Waals surface area contributed by atoms with Crippen LogP contribution in [0.1, 0.15) is 15.9 Å². The number of para-hydroxylation sites is 1. The molecular formula is C16H14BrFN2O. The molecular weight excluding hydrogens is 335 g/mol. The van der Waals surface area contributed by atoms with Gasteiger partial charge in [-0.3, -0.25) is 4.79 Å². The van der Waals surface area contributed by atoms with Crippen molar-refractivity contribution in [2.24, 2.45) is 0 Å². The van der Waals surface area contributed by atoms with Crippen LogP contribution in [0, 0.1) is 5.82 Å². The molecule has 2 aromatic carbocycles. The molecule has 21 heavy (non-hydrogen) atoms. The van der Waals surface area contributed by atoms with E-state index in [4.69, 9.17) is 0 Å². The molecule has 1 amide bonds. The number of carbonyl (C=O) groups excluding carboxylic acids is 1. The molecule has 0 saturated carbocycles. The third kappa shape index (κ3) is 2.84. The van der Waals surface area contributed by atoms with Gasteiger partial charge in [0.1, 0.15) is 5.82 Å². The van der Waals surface area contributed by atoms with Crippen LogP contribution in [-0.4, -0.2) is 19.0 Å². The second kappa shape index (κ2) is 5.95. The van der Waals surface area contributed by atoms with Crippen LogP contribution < -0.4 is 10.2 Å². The Balaban J connectivity index is 1.99. The molecule has 108 valence electrons. The summed E-state index contributed by atoms with van der Waals surface area (Å²) in [5.41, 5.74) is 2.47. The summed E-state index contributed by atoms with van der Waals surface area (Å²) in [4.78, 5) is 14.5. The Morgan fingerprint density at radius 1 is 1.24 bits per heavy atom. The molecule has 0 radical (unpaired) electrons. The average molecular weight is 349 g/mol. The zero-order valence-corrected chi connectivity index (χ0v) is 12.9. The topological polar surface area (TPSA) is 32.3 Å². The van der Waals surface area contributed by atoms with Crippen LogP contribution in [0.15, 0.2) is 46.9 Å². The number of anilines is 1. The molecule has 0 spiro atoms. The van der Waals surface area contributed by atoms with Crippen LogP contribution in [0.5, 0.6) is 0 Å². The molecule has 1 aliphatic rings. The molecule has 2 aromatic rings. The first-order valence-corrected chi connectivity index (χ1v) is 7.51. The molecule has 5 heteroatoms. The summed E-state index contributed by atoms with van der Waals surface area (Å²) < 4.78 is 13.6. The van der Waals surface area contributed by atoms with Crippen molar-refractivity contribution in [1.29, 1.82) is 0 Å². The van der Waals surface area contributed by atoms with Gasteiger partial charge in [0, 0.05) is 30.9 Å². The highest BCUT2D eigenvalue weighted by Gasteiger charge is 2.22. The highest BCUT2D eigenvalue weighted by molar-refractivity contribution is 9.10. The fraction of sp³-hybridized carbons (Fsp3) is 0.188. The van der Waals surface area contributed by atoms with Crippen LogP contribution in [-0.2, 0) is 6.54 Å². The van der Waals surface area contributed by atoms with Crippen LogP contribution >= 0.6 is 15.9 Å². The van der Waals surface area contributed by atoms with E-state index < -0.39 is 0 Å². The largest absolute Gasteiger partial charge is 0.311 e. The van der Waals surface area contributed by atoms with Gasteiger partial charge in [0.25, 0.3) is 5.91 Å². The number of fused-ring (bicyclic) bond motifs is 1. The van der Waals surface area contributed by atoms with E-state index in [2.05, 4.69) is 21.2 Å². The van der Waals surface area contributed by atoms with E-state index >= 15 is 0 Å². The number of benzene rings is 2. The highest BCUT2D eigenvalue weighted by atomic mass is 79.9. The minimum Gasteiger partial charge on any atom is -0.311 e. The quantitative estimate of drug-likeness (QED) is 0.857. The van der Waals surface area contributed by atoms with E-state index in [1.54, 1.807) is 4.90 Å². The van der Waals surface area contributed by atoms with Gasteiger partial charge < -0.3 is 10.2 Å². The van der Waals surface area contributed by atoms with Gasteiger partial charge in [0.15, 0.2) is 0 Å². The summed E-state index contributed by atoms with van der Waals surface area (Å²) in [6.45, 7) is 2.06. The summed E-state index contributed by atoms with van der Waals surface area (Å²) in [5.74, 6) is -0.490. The first-order chi connectivity index (χ1) is 10.2. The molecule has 0 saturated heterocycles. The standard InChI is InChI=1S/C16H14BrFN2O/c17-13-9-11(5-6-14(13)18)16(21)20-8-7-19-10-12-3-1-2-4-15(12)20/h1-6,9,19H,7-8,10H2. The third-order valence-corrected chi connectivity index (χ3v) is 4.13. The van der Waals surface area contributed by atoms with Gasteiger partial charge >= 0.3 is 0 Å². The second-order valence-corrected chi connectivity index (χ2v) is 5.75. The van der Waals surface area contributed by atoms with Gasteiger partial charge in [-0.15, -0.1) is 0 Å². The lowest BCUT2D eigenvalue weighted by Gasteiger charge is -2.22. The Labute approximate surface area is 130 Å². The Kier molecular flexibility index (Phi) is 4.03. The van der Waals surface area contributed by atoms with Gasteiger partial charge in [0.05, 0.1) is 4.47 Å². The number of halogens is 2. The minimum atomic E-state index is -0.371. The SMILES string of the molecule is O=C(c1ccc(F)c(Br)c1)N1CCNCc2ccccc21. The molecule has 1 aliphatic heterocycles. The van der Waals surface area contributed by atoms with E-state index in [0.717, 1.165) is 24.3 Å². The first-order valence-electron chi connectivity index (χ1n) is 6.72. The minimum absolute atomic E-state index is 0.119. The average Bonchev–Trinajstić information content (AvgIpc) is 2.71. The van der Waals surface area contributed by atoms with E-state index in [0.29, 0.717) is 16.6 Å². The summed E-state index contributed by atoms with van der Waals surface area (Å²) in [5, 5.41) is 3.30. The fourth-order valence-electron chi connectivity index (χ4n) is 2.45. The summed E-state index contributed by atoms with van der Waals surface area (Å²) in [6, 6.07) is 12.2. The number of nitrogens with zero attached hydrogens (tertiary/aromatic N) is 1. The molecule has 3 rings (SSSR count). The molecule has 3 nitrogen and oxygen atoms in total. The maximum absolute atomic E-state index is 13.3. The molecule has 0 fully saturated rings. The first kappa shape index (κ1) is 14.2. The number of rotatable bonds is 1. The monoisotopic (exact) mass is 348 g/mol. The Bertz CT molecular complexity index is 690. The maximum atomic E-state index is 13.3. The predicted molar refractivity (Wildman–Crippen MR) is 83.9 cm³/mol. The number of nitrogens with one attached hydrogen (secondary N) is 1. The van der Waals surface area contributed by atoms with E-state index in [9.17, 15) is 9.18 Å². The number of carbonyl (C=O) groups is 1. The van der Waals surface area contributed by atoms with Gasteiger partial charge in [-0.2, -0.15) is 0 Å². The molecule has 1 heterocycles. The molecule has 0 aromatic heterocycles. The van der Waals surface area contributed by atoms with Gasteiger partial charge in [-0.25, -0.2) is 4.39 Å². The van der Waals surface area contributed by atoms with E-state index in [-0.39, 0.29) is 11.7 Å². The summed E-state index contributed by atoms with van der Waals surface area (Å²) in [7, 11) is 0. The van der Waals surface area contributed by atoms with Crippen molar-refractivity contribution in [2.75, 3.05) is 18.0 Å². The van der Waals surface area contributed by atoms with Crippen molar-refractivity contribution in [2.45, 2.75) is 6.54 Å². The van der Waals surface area contributed by atoms with Gasteiger partial charge in [0.2, 0.25) is 0 Å². The zero-order chi connectivity index (χ0) is 14.8. The lowest BCUT2D eigenvalue weighted by atomic mass is 10.1. The number of amides is 1. The van der Waals surface area contributed by atoms with Crippen molar-refractivity contribution < 1.29 is 9.18 Å². The Morgan fingerprint density at radius 2 is 2.05 bits per heavy atom. The lowest BCUT2D eigenvalue weighted by Crippen LogP contribution is -2.34. The lowest BCUT2D eigenvalue weighted by molar-refractivity contribution is 0.0987.